The number of carbonyl (C=O) groups is 2. The summed E-state index contributed by atoms with van der Waals surface area (Å²) < 4.78 is 0. The Morgan fingerprint density at radius 2 is 1.87 bits per heavy atom. The highest BCUT2D eigenvalue weighted by Crippen LogP contribution is 2.18. The molecule has 2 atom stereocenters. The number of halogens is 1. The predicted molar refractivity (Wildman–Crippen MR) is 59.7 cm³/mol. The average Bonchev–Trinajstić information content (AvgIpc) is 2.63. The number of hydrogen-bond acceptors (Lipinski definition) is 3. The molecular formula is C9H18ClN3O2. The molecular weight excluding hydrogens is 218 g/mol. The highest BCUT2D eigenvalue weighted by molar-refractivity contribution is 5.90. The van der Waals surface area contributed by atoms with E-state index in [-0.39, 0.29) is 36.3 Å². The predicted octanol–water partition coefficient (Wildman–Crippen LogP) is -0.461. The average molecular weight is 236 g/mol. The third kappa shape index (κ3) is 4.05. The third-order valence-electron chi connectivity index (χ3n) is 2.21. The minimum absolute atomic E-state index is 0. The number of rotatable bonds is 3. The van der Waals surface area contributed by atoms with Crippen molar-refractivity contribution in [3.8, 4) is 0 Å². The fourth-order valence-electron chi connectivity index (χ4n) is 1.23. The largest absolute Gasteiger partial charge is 0.350 e. The van der Waals surface area contributed by atoms with E-state index in [0.29, 0.717) is 0 Å². The molecule has 0 aliphatic heterocycles. The van der Waals surface area contributed by atoms with Gasteiger partial charge in [0.05, 0.1) is 0 Å². The summed E-state index contributed by atoms with van der Waals surface area (Å²) in [6, 6.07) is 0.155. The Labute approximate surface area is 95.6 Å². The van der Waals surface area contributed by atoms with Crippen LogP contribution in [0.15, 0.2) is 0 Å². The lowest BCUT2D eigenvalue weighted by molar-refractivity contribution is -0.131. The molecule has 0 bridgehead atoms. The fraction of sp³-hybridized carbons (Fsp3) is 0.778. The molecule has 2 amide bonds. The quantitative estimate of drug-likeness (QED) is 0.619. The van der Waals surface area contributed by atoms with Gasteiger partial charge < -0.3 is 16.4 Å². The normalized spacial score (nSPS) is 23.7. The van der Waals surface area contributed by atoms with Gasteiger partial charge in [0, 0.05) is 19.0 Å². The molecule has 0 aromatic carbocycles. The molecule has 0 saturated heterocycles. The van der Waals surface area contributed by atoms with E-state index in [9.17, 15) is 9.59 Å². The second-order valence-corrected chi connectivity index (χ2v) is 4.29. The van der Waals surface area contributed by atoms with Crippen molar-refractivity contribution in [2.24, 2.45) is 5.73 Å². The van der Waals surface area contributed by atoms with E-state index in [1.165, 1.54) is 6.92 Å². The van der Waals surface area contributed by atoms with E-state index in [2.05, 4.69) is 10.6 Å². The molecule has 88 valence electrons. The lowest BCUT2D eigenvalue weighted by atomic mass is 10.0. The zero-order chi connectivity index (χ0) is 10.9. The van der Waals surface area contributed by atoms with Crippen LogP contribution in [-0.2, 0) is 9.59 Å². The maximum atomic E-state index is 11.6. The van der Waals surface area contributed by atoms with Crippen molar-refractivity contribution in [2.75, 3.05) is 0 Å². The Bertz CT molecular complexity index is 268. The molecule has 0 aromatic heterocycles. The second kappa shape index (κ2) is 4.81. The van der Waals surface area contributed by atoms with Crippen molar-refractivity contribution in [3.63, 3.8) is 0 Å². The third-order valence-corrected chi connectivity index (χ3v) is 2.21. The van der Waals surface area contributed by atoms with E-state index < -0.39 is 5.54 Å². The molecule has 0 spiro atoms. The number of nitrogens with one attached hydrogen (secondary N) is 2. The van der Waals surface area contributed by atoms with Gasteiger partial charge in [-0.15, -0.1) is 12.4 Å². The molecule has 6 heteroatoms. The van der Waals surface area contributed by atoms with Gasteiger partial charge in [0.1, 0.15) is 5.54 Å². The molecule has 1 aliphatic carbocycles. The molecule has 0 heterocycles. The Kier molecular flexibility index (Phi) is 4.55. The highest BCUT2D eigenvalue weighted by atomic mass is 35.5. The number of carbonyl (C=O) groups excluding carboxylic acids is 2. The molecule has 1 rings (SSSR count). The van der Waals surface area contributed by atoms with Crippen LogP contribution in [0.4, 0.5) is 0 Å². The van der Waals surface area contributed by atoms with Crippen LogP contribution in [-0.4, -0.2) is 29.4 Å². The van der Waals surface area contributed by atoms with Crippen molar-refractivity contribution in [2.45, 2.75) is 44.8 Å². The molecule has 1 saturated carbocycles. The zero-order valence-corrected chi connectivity index (χ0v) is 9.98. The molecule has 0 aromatic rings. The van der Waals surface area contributed by atoms with Crippen LogP contribution in [0.5, 0.6) is 0 Å². The first-order valence-corrected chi connectivity index (χ1v) is 4.68. The smallest absolute Gasteiger partial charge is 0.245 e. The van der Waals surface area contributed by atoms with Gasteiger partial charge in [-0.2, -0.15) is 0 Å². The molecule has 1 fully saturated rings. The summed E-state index contributed by atoms with van der Waals surface area (Å²) in [4.78, 5) is 22.4. The first-order chi connectivity index (χ1) is 6.33. The van der Waals surface area contributed by atoms with E-state index in [1.54, 1.807) is 13.8 Å². The summed E-state index contributed by atoms with van der Waals surface area (Å²) in [5, 5.41) is 5.35. The van der Waals surface area contributed by atoms with Gasteiger partial charge in [0.15, 0.2) is 0 Å². The minimum atomic E-state index is -0.867. The van der Waals surface area contributed by atoms with Crippen molar-refractivity contribution < 1.29 is 9.59 Å². The Hall–Kier alpha value is -0.810. The van der Waals surface area contributed by atoms with Gasteiger partial charge >= 0.3 is 0 Å². The van der Waals surface area contributed by atoms with Gasteiger partial charge in [-0.25, -0.2) is 0 Å². The van der Waals surface area contributed by atoms with Crippen molar-refractivity contribution in [1.29, 1.82) is 0 Å². The zero-order valence-electron chi connectivity index (χ0n) is 9.16. The van der Waals surface area contributed by atoms with Crippen LogP contribution in [0, 0.1) is 0 Å². The van der Waals surface area contributed by atoms with E-state index in [1.807, 2.05) is 0 Å². The Morgan fingerprint density at radius 1 is 1.40 bits per heavy atom. The fourth-order valence-corrected chi connectivity index (χ4v) is 1.23. The summed E-state index contributed by atoms with van der Waals surface area (Å²) >= 11 is 0. The van der Waals surface area contributed by atoms with Gasteiger partial charge in [-0.3, -0.25) is 9.59 Å². The van der Waals surface area contributed by atoms with Crippen molar-refractivity contribution in [3.05, 3.63) is 0 Å². The lowest BCUT2D eigenvalue weighted by Crippen LogP contribution is -2.55. The van der Waals surface area contributed by atoms with Gasteiger partial charge in [-0.1, -0.05) is 0 Å². The van der Waals surface area contributed by atoms with E-state index in [0.717, 1.165) is 6.42 Å². The number of hydrogen-bond donors (Lipinski definition) is 3. The summed E-state index contributed by atoms with van der Waals surface area (Å²) in [5.41, 5.74) is 4.69. The first-order valence-electron chi connectivity index (χ1n) is 4.68. The highest BCUT2D eigenvalue weighted by Gasteiger charge is 2.38. The van der Waals surface area contributed by atoms with E-state index >= 15 is 0 Å². The summed E-state index contributed by atoms with van der Waals surface area (Å²) in [5.74, 6) is -0.407. The van der Waals surface area contributed by atoms with Crippen LogP contribution in [0.25, 0.3) is 0 Å². The SMILES string of the molecule is CC(=O)NC(C)(C)C(=O)NC1CC1N.Cl. The Morgan fingerprint density at radius 3 is 2.20 bits per heavy atom. The minimum Gasteiger partial charge on any atom is -0.350 e. The standard InChI is InChI=1S/C9H17N3O2.ClH/c1-5(13)12-9(2,3)8(14)11-7-4-6(7)10;/h6-7H,4,10H2,1-3H3,(H,11,14)(H,12,13);1H. The summed E-state index contributed by atoms with van der Waals surface area (Å²) in [6.07, 6.45) is 0.821. The monoisotopic (exact) mass is 235 g/mol. The van der Waals surface area contributed by atoms with Crippen LogP contribution >= 0.6 is 12.4 Å². The molecule has 0 radical (unpaired) electrons. The van der Waals surface area contributed by atoms with Crippen LogP contribution < -0.4 is 16.4 Å². The molecule has 15 heavy (non-hydrogen) atoms. The van der Waals surface area contributed by atoms with E-state index in [4.69, 9.17) is 5.73 Å². The van der Waals surface area contributed by atoms with Crippen LogP contribution in [0.2, 0.25) is 0 Å². The molecule has 4 N–H and O–H groups in total. The first kappa shape index (κ1) is 14.2. The summed E-state index contributed by atoms with van der Waals surface area (Å²) in [7, 11) is 0. The lowest BCUT2D eigenvalue weighted by Gasteiger charge is -2.24. The number of nitrogens with two attached hydrogens (primary N) is 1. The van der Waals surface area contributed by atoms with Crippen LogP contribution in [0.3, 0.4) is 0 Å². The van der Waals surface area contributed by atoms with Crippen molar-refractivity contribution in [1.82, 2.24) is 10.6 Å². The number of amides is 2. The van der Waals surface area contributed by atoms with Gasteiger partial charge in [-0.05, 0) is 20.3 Å². The topological polar surface area (TPSA) is 84.2 Å². The molecule has 5 nitrogen and oxygen atoms in total. The molecule has 1 aliphatic rings. The van der Waals surface area contributed by atoms with Crippen LogP contribution in [0.1, 0.15) is 27.2 Å². The second-order valence-electron chi connectivity index (χ2n) is 4.29. The van der Waals surface area contributed by atoms with Crippen molar-refractivity contribution >= 4 is 24.2 Å². The van der Waals surface area contributed by atoms with Gasteiger partial charge in [0.25, 0.3) is 0 Å². The van der Waals surface area contributed by atoms with Gasteiger partial charge in [0.2, 0.25) is 11.8 Å². The summed E-state index contributed by atoms with van der Waals surface area (Å²) in [6.45, 7) is 4.72. The molecule has 2 unspecified atom stereocenters. The Balaban J connectivity index is 0.00000196. The maximum Gasteiger partial charge on any atom is 0.245 e. The maximum absolute atomic E-state index is 11.6.